The van der Waals surface area contributed by atoms with Crippen molar-refractivity contribution in [3.8, 4) is 0 Å². The Kier molecular flexibility index (Phi) is 6.25. The van der Waals surface area contributed by atoms with Crippen LogP contribution in [0.2, 0.25) is 0 Å². The highest BCUT2D eigenvalue weighted by Crippen LogP contribution is 2.88. The molecule has 2 spiro atoms. The highest BCUT2D eigenvalue weighted by Gasteiger charge is 2.85. The number of rotatable bonds is 8. The van der Waals surface area contributed by atoms with E-state index < -0.39 is 35.4 Å². The third kappa shape index (κ3) is 3.64. The van der Waals surface area contributed by atoms with Gasteiger partial charge < -0.3 is 21.5 Å². The number of nitrogens with zero attached hydrogens (tertiary/aromatic N) is 1. The molecule has 0 aromatic heterocycles. The molecule has 34 heavy (non-hydrogen) atoms. The van der Waals surface area contributed by atoms with Gasteiger partial charge in [0, 0.05) is 24.3 Å². The zero-order valence-corrected chi connectivity index (χ0v) is 21.7. The molecule has 7 heteroatoms. The van der Waals surface area contributed by atoms with Crippen molar-refractivity contribution in [3.63, 3.8) is 0 Å². The Morgan fingerprint density at radius 3 is 2.12 bits per heavy atom. The number of aliphatic hydroxyl groups is 1. The van der Waals surface area contributed by atoms with Crippen LogP contribution in [0.1, 0.15) is 92.4 Å². The van der Waals surface area contributed by atoms with Crippen molar-refractivity contribution in [2.75, 3.05) is 6.54 Å². The molecular weight excluding hydrogens is 430 g/mol. The number of carbonyl (C=O) groups excluding carboxylic acids is 3. The standard InChI is InChI=1S/C27H45N3O4/c1-24(2,3)21(28)23(34)30-15-27(25(4,5)26(27)10-7-11-26)14-18(30)19(31)13-17(20(32)22(29)33)12-16-8-6-9-16/h16-18,20-21,32H,6-15,28H2,1-5H3,(H2,29,33)/t17?,18-,20?,21+,27?/m0/s1. The molecule has 1 aliphatic heterocycles. The summed E-state index contributed by atoms with van der Waals surface area (Å²) >= 11 is 0. The maximum Gasteiger partial charge on any atom is 0.246 e. The van der Waals surface area contributed by atoms with Crippen LogP contribution in [0.3, 0.4) is 0 Å². The average molecular weight is 476 g/mol. The summed E-state index contributed by atoms with van der Waals surface area (Å²) in [5, 5.41) is 10.5. The summed E-state index contributed by atoms with van der Waals surface area (Å²) in [4.78, 5) is 41.0. The SMILES string of the molecule is CC(C)(C)[C@H](N)C(=O)N1CC2(C[C@H]1C(=O)CC(CC1CCC1)C(O)C(N)=O)C(C)(C)C21CCC1. The summed E-state index contributed by atoms with van der Waals surface area (Å²) < 4.78 is 0. The third-order valence-corrected chi connectivity index (χ3v) is 10.7. The molecular formula is C27H45N3O4. The van der Waals surface area contributed by atoms with E-state index in [4.69, 9.17) is 11.5 Å². The molecule has 5 atom stereocenters. The van der Waals surface area contributed by atoms with Gasteiger partial charge >= 0.3 is 0 Å². The number of Topliss-reactive ketones (excluding diaryl/α,β-unsaturated/α-hetero) is 1. The van der Waals surface area contributed by atoms with Gasteiger partial charge in [-0.05, 0) is 47.8 Å². The number of ketones is 1. The Balaban J connectivity index is 1.59. The van der Waals surface area contributed by atoms with E-state index in [1.54, 1.807) is 4.90 Å². The maximum absolute atomic E-state index is 13.8. The van der Waals surface area contributed by atoms with Gasteiger partial charge in [-0.25, -0.2) is 0 Å². The minimum Gasteiger partial charge on any atom is -0.383 e. The fourth-order valence-corrected chi connectivity index (χ4v) is 7.77. The summed E-state index contributed by atoms with van der Waals surface area (Å²) in [6.07, 6.45) is 6.79. The van der Waals surface area contributed by atoms with E-state index in [2.05, 4.69) is 13.8 Å². The Morgan fingerprint density at radius 1 is 1.09 bits per heavy atom. The summed E-state index contributed by atoms with van der Waals surface area (Å²) in [5.74, 6) is -1.07. The van der Waals surface area contributed by atoms with Crippen LogP contribution in [-0.2, 0) is 14.4 Å². The van der Waals surface area contributed by atoms with E-state index in [1.165, 1.54) is 6.42 Å². The quantitative estimate of drug-likeness (QED) is 0.497. The van der Waals surface area contributed by atoms with E-state index in [9.17, 15) is 19.5 Å². The molecule has 7 nitrogen and oxygen atoms in total. The van der Waals surface area contributed by atoms with E-state index in [-0.39, 0.29) is 34.4 Å². The Morgan fingerprint density at radius 2 is 1.71 bits per heavy atom. The molecule has 3 aliphatic carbocycles. The number of fused-ring (bicyclic) bond motifs is 1. The molecule has 4 aliphatic rings. The second-order valence-corrected chi connectivity index (χ2v) is 13.5. The van der Waals surface area contributed by atoms with Gasteiger partial charge in [-0.2, -0.15) is 0 Å². The molecule has 192 valence electrons. The molecule has 0 radical (unpaired) electrons. The fraction of sp³-hybridized carbons (Fsp3) is 0.889. The highest BCUT2D eigenvalue weighted by molar-refractivity contribution is 5.93. The lowest BCUT2D eigenvalue weighted by molar-refractivity contribution is -0.142. The minimum absolute atomic E-state index is 0.0579. The predicted molar refractivity (Wildman–Crippen MR) is 130 cm³/mol. The van der Waals surface area contributed by atoms with Gasteiger partial charge in [0.1, 0.15) is 6.10 Å². The number of primary amides is 1. The van der Waals surface area contributed by atoms with E-state index in [0.717, 1.165) is 32.1 Å². The Bertz CT molecular complexity index is 854. The Labute approximate surface area is 204 Å². The van der Waals surface area contributed by atoms with Crippen LogP contribution in [-0.4, -0.2) is 52.3 Å². The molecule has 3 unspecified atom stereocenters. The summed E-state index contributed by atoms with van der Waals surface area (Å²) in [6.45, 7) is 11.0. The number of hydrogen-bond donors (Lipinski definition) is 3. The van der Waals surface area contributed by atoms with Crippen molar-refractivity contribution in [2.24, 2.45) is 45.0 Å². The van der Waals surface area contributed by atoms with Gasteiger partial charge in [0.2, 0.25) is 11.8 Å². The van der Waals surface area contributed by atoms with Gasteiger partial charge in [-0.3, -0.25) is 14.4 Å². The highest BCUT2D eigenvalue weighted by atomic mass is 16.3. The predicted octanol–water partition coefficient (Wildman–Crippen LogP) is 2.77. The smallest absolute Gasteiger partial charge is 0.246 e. The molecule has 0 aromatic carbocycles. The first kappa shape index (κ1) is 25.6. The van der Waals surface area contributed by atoms with Crippen LogP contribution in [0.25, 0.3) is 0 Å². The zero-order chi connectivity index (χ0) is 25.3. The topological polar surface area (TPSA) is 127 Å². The average Bonchev–Trinajstić information content (AvgIpc) is 2.94. The Hall–Kier alpha value is -1.47. The van der Waals surface area contributed by atoms with Crippen LogP contribution >= 0.6 is 0 Å². The zero-order valence-electron chi connectivity index (χ0n) is 21.7. The van der Waals surface area contributed by atoms with Crippen LogP contribution in [0, 0.1) is 33.5 Å². The number of carbonyl (C=O) groups is 3. The first-order valence-corrected chi connectivity index (χ1v) is 13.2. The molecule has 3 saturated carbocycles. The van der Waals surface area contributed by atoms with E-state index in [0.29, 0.717) is 25.3 Å². The number of likely N-dealkylation sites (tertiary alicyclic amines) is 1. The summed E-state index contributed by atoms with van der Waals surface area (Å²) in [7, 11) is 0. The second-order valence-electron chi connectivity index (χ2n) is 13.5. The van der Waals surface area contributed by atoms with Crippen molar-refractivity contribution in [2.45, 2.75) is 111 Å². The lowest BCUT2D eigenvalue weighted by atomic mass is 9.73. The largest absolute Gasteiger partial charge is 0.383 e. The summed E-state index contributed by atoms with van der Waals surface area (Å²) in [5.41, 5.74) is 11.6. The molecule has 2 amide bonds. The monoisotopic (exact) mass is 475 g/mol. The van der Waals surface area contributed by atoms with Crippen LogP contribution < -0.4 is 11.5 Å². The van der Waals surface area contributed by atoms with Crippen molar-refractivity contribution in [1.29, 1.82) is 0 Å². The molecule has 1 saturated heterocycles. The van der Waals surface area contributed by atoms with Gasteiger partial charge in [-0.15, -0.1) is 0 Å². The van der Waals surface area contributed by atoms with Crippen LogP contribution in [0.15, 0.2) is 0 Å². The van der Waals surface area contributed by atoms with Crippen molar-refractivity contribution >= 4 is 17.6 Å². The van der Waals surface area contributed by atoms with Gasteiger partial charge in [0.25, 0.3) is 0 Å². The van der Waals surface area contributed by atoms with Crippen molar-refractivity contribution in [3.05, 3.63) is 0 Å². The minimum atomic E-state index is -1.34. The molecule has 0 aromatic rings. The summed E-state index contributed by atoms with van der Waals surface area (Å²) in [6, 6.07) is -1.25. The van der Waals surface area contributed by atoms with Crippen LogP contribution in [0.4, 0.5) is 0 Å². The maximum atomic E-state index is 13.8. The van der Waals surface area contributed by atoms with E-state index in [1.807, 2.05) is 20.8 Å². The van der Waals surface area contributed by atoms with Crippen LogP contribution in [0.5, 0.6) is 0 Å². The lowest BCUT2D eigenvalue weighted by Gasteiger charge is -2.34. The third-order valence-electron chi connectivity index (χ3n) is 10.7. The van der Waals surface area contributed by atoms with Gasteiger partial charge in [-0.1, -0.05) is 60.3 Å². The fourth-order valence-electron chi connectivity index (χ4n) is 7.77. The molecule has 4 rings (SSSR count). The van der Waals surface area contributed by atoms with Crippen molar-refractivity contribution < 1.29 is 19.5 Å². The van der Waals surface area contributed by atoms with Gasteiger partial charge in [0.05, 0.1) is 12.1 Å². The lowest BCUT2D eigenvalue weighted by Crippen LogP contribution is -2.53. The first-order valence-electron chi connectivity index (χ1n) is 13.2. The first-order chi connectivity index (χ1) is 15.7. The number of nitrogens with two attached hydrogens (primary N) is 2. The number of hydrogen-bond acceptors (Lipinski definition) is 5. The second kappa shape index (κ2) is 8.29. The van der Waals surface area contributed by atoms with E-state index >= 15 is 0 Å². The normalized spacial score (nSPS) is 32.1. The number of aliphatic hydroxyl groups excluding tert-OH is 1. The molecule has 0 bridgehead atoms. The molecule has 1 heterocycles. The number of amides is 2. The molecule has 4 fully saturated rings. The molecule has 5 N–H and O–H groups in total. The van der Waals surface area contributed by atoms with Gasteiger partial charge in [0.15, 0.2) is 5.78 Å². The van der Waals surface area contributed by atoms with Crippen molar-refractivity contribution in [1.82, 2.24) is 4.90 Å².